The van der Waals surface area contributed by atoms with Crippen LogP contribution in [0.1, 0.15) is 267 Å². The van der Waals surface area contributed by atoms with E-state index in [0.717, 1.165) is 149 Å². The number of aryl methyl sites for hydroxylation is 4. The number of carbonyl (C=O) groups excluding carboxylic acids is 8. The topological polar surface area (TPSA) is 472 Å². The third-order valence-corrected chi connectivity index (χ3v) is 22.6. The summed E-state index contributed by atoms with van der Waals surface area (Å²) in [5, 5.41) is 8.46. The number of para-hydroxylation sites is 1. The summed E-state index contributed by atoms with van der Waals surface area (Å²) >= 11 is 0. The zero-order chi connectivity index (χ0) is 84.8. The number of fused-ring (bicyclic) bond motifs is 2. The molecule has 608 valence electrons. The number of aromatic nitrogens is 8. The fourth-order valence-corrected chi connectivity index (χ4v) is 15.3. The van der Waals surface area contributed by atoms with Crippen molar-refractivity contribution in [3.05, 3.63) is 187 Å². The van der Waals surface area contributed by atoms with E-state index in [0.29, 0.717) is 17.1 Å². The van der Waals surface area contributed by atoms with Gasteiger partial charge in [-0.2, -0.15) is 33.7 Å². The molecule has 32 nitrogen and oxygen atoms in total. The average molecular weight is 1640 g/mol. The fraction of sp³-hybridized carbons (Fsp3) is 0.385. The van der Waals surface area contributed by atoms with Gasteiger partial charge in [-0.05, 0) is 171 Å². The molecule has 8 N–H and O–H groups in total. The van der Waals surface area contributed by atoms with Crippen LogP contribution in [0.15, 0.2) is 119 Å². The molecule has 0 spiro atoms. The molecule has 114 heavy (non-hydrogen) atoms. The standard InChI is InChI=1S/2C20H26N4O4S.C19H20N4O4S.C19H24N4O4S/c2*1-11(2)16-7-13(5)8-17(12(3)4)18(16)23-19(26)24-29(27,28)20-21-9-15(10-22-20)14(6)25;1-11(24)14-9-20-19(21-10-14)28(26,27)23-18(25)22-17-15-6-2-4-12(15)8-13-5-3-7-16(13)17;1-11(2)15-7-6-8-16(12(3)4)17(15)22-18(25)23-28(26,27)19-20-9-14(10-21-19)13(5)24/h2*7-12H,1-6H3,(H2,23,24,26);8-10H,2-7H2,1H3,(H2,22,23,25);6-12H,1-5H3,(H2,22,23,25). The summed E-state index contributed by atoms with van der Waals surface area (Å²) in [6.07, 6.45) is 14.7. The van der Waals surface area contributed by atoms with E-state index in [1.165, 1.54) is 38.8 Å². The first kappa shape index (κ1) is 90.0. The highest BCUT2D eigenvalue weighted by Crippen LogP contribution is 2.40. The van der Waals surface area contributed by atoms with Gasteiger partial charge in [-0.25, -0.2) is 77.9 Å². The van der Waals surface area contributed by atoms with E-state index in [-0.39, 0.29) is 80.9 Å². The zero-order valence-corrected chi connectivity index (χ0v) is 70.0. The predicted molar refractivity (Wildman–Crippen MR) is 429 cm³/mol. The van der Waals surface area contributed by atoms with Crippen molar-refractivity contribution in [1.29, 1.82) is 0 Å². The van der Waals surface area contributed by atoms with Crippen LogP contribution in [0.25, 0.3) is 0 Å². The lowest BCUT2D eigenvalue weighted by atomic mass is 9.90. The summed E-state index contributed by atoms with van der Waals surface area (Å²) in [5.74, 6) is -0.376. The summed E-state index contributed by atoms with van der Waals surface area (Å²) in [5.41, 5.74) is 15.6. The van der Waals surface area contributed by atoms with Crippen LogP contribution in [-0.4, -0.2) is 121 Å². The largest absolute Gasteiger partial charge is 0.333 e. The summed E-state index contributed by atoms with van der Waals surface area (Å²) in [7, 11) is -17.1. The van der Waals surface area contributed by atoms with E-state index in [2.05, 4.69) is 67.2 Å². The van der Waals surface area contributed by atoms with Crippen molar-refractivity contribution < 1.29 is 72.0 Å². The molecule has 10 rings (SSSR count). The second-order valence-corrected chi connectivity index (χ2v) is 35.4. The molecule has 2 aliphatic rings. The molecule has 8 aromatic rings. The summed E-state index contributed by atoms with van der Waals surface area (Å²) < 4.78 is 107. The minimum absolute atomic E-state index is 0.127. The van der Waals surface area contributed by atoms with E-state index in [4.69, 9.17) is 0 Å². The predicted octanol–water partition coefficient (Wildman–Crippen LogP) is 13.1. The minimum atomic E-state index is -4.29. The Labute approximate surface area is 664 Å². The first-order valence-corrected chi connectivity index (χ1v) is 42.4. The van der Waals surface area contributed by atoms with Crippen molar-refractivity contribution in [3.63, 3.8) is 0 Å². The molecular formula is C78H96N16O16S4. The van der Waals surface area contributed by atoms with Crippen LogP contribution in [0.2, 0.25) is 0 Å². The molecule has 0 aliphatic heterocycles. The molecule has 0 saturated heterocycles. The first-order valence-electron chi connectivity index (χ1n) is 36.5. The molecular weight excluding hydrogens is 1550 g/mol. The van der Waals surface area contributed by atoms with Gasteiger partial charge in [0.15, 0.2) is 23.1 Å². The smallest absolute Gasteiger partial charge is 0.307 e. The molecule has 36 heteroatoms. The molecule has 4 aromatic heterocycles. The van der Waals surface area contributed by atoms with Crippen LogP contribution in [-0.2, 0) is 65.8 Å². The lowest BCUT2D eigenvalue weighted by Crippen LogP contribution is -2.36. The third kappa shape index (κ3) is 23.5. The second-order valence-electron chi connectivity index (χ2n) is 29.1. The van der Waals surface area contributed by atoms with Crippen molar-refractivity contribution >= 4 is 110 Å². The molecule has 0 atom stereocenters. The van der Waals surface area contributed by atoms with E-state index >= 15 is 0 Å². The Bertz CT molecular complexity index is 5190. The number of amides is 8. The molecule has 0 radical (unpaired) electrons. The summed E-state index contributed by atoms with van der Waals surface area (Å²) in [6.45, 7) is 33.2. The normalized spacial score (nSPS) is 12.4. The molecule has 2 aliphatic carbocycles. The van der Waals surface area contributed by atoms with E-state index in [1.54, 1.807) is 0 Å². The van der Waals surface area contributed by atoms with Gasteiger partial charge >= 0.3 is 64.2 Å². The Morgan fingerprint density at radius 1 is 0.307 bits per heavy atom. The van der Waals surface area contributed by atoms with Gasteiger partial charge in [-0.1, -0.05) is 143 Å². The quantitative estimate of drug-likeness (QED) is 0.0231. The second kappa shape index (κ2) is 38.1. The van der Waals surface area contributed by atoms with Crippen LogP contribution >= 0.6 is 0 Å². The van der Waals surface area contributed by atoms with E-state index in [1.807, 2.05) is 158 Å². The molecule has 0 saturated carbocycles. The van der Waals surface area contributed by atoms with Gasteiger partial charge in [0, 0.05) is 72.3 Å². The number of carbonyl (C=O) groups is 8. The molecule has 0 unspecified atom stereocenters. The van der Waals surface area contributed by atoms with Crippen molar-refractivity contribution in [2.75, 3.05) is 21.3 Å². The fourth-order valence-electron chi connectivity index (χ4n) is 12.2. The van der Waals surface area contributed by atoms with Crippen LogP contribution in [0.3, 0.4) is 0 Å². The van der Waals surface area contributed by atoms with Crippen molar-refractivity contribution in [2.24, 2.45) is 0 Å². The molecule has 4 aromatic carbocycles. The lowest BCUT2D eigenvalue weighted by molar-refractivity contribution is 0.100. The van der Waals surface area contributed by atoms with Crippen LogP contribution in [0.4, 0.5) is 41.9 Å². The summed E-state index contributed by atoms with van der Waals surface area (Å²) in [4.78, 5) is 124. The maximum atomic E-state index is 12.5. The van der Waals surface area contributed by atoms with Gasteiger partial charge < -0.3 is 21.3 Å². The SMILES string of the molecule is CC(=O)c1cnc(S(=O)(=O)NC(=O)Nc2c(C(C)C)cc(C)cc2C(C)C)nc1.CC(=O)c1cnc(S(=O)(=O)NC(=O)Nc2c(C(C)C)cc(C)cc2C(C)C)nc1.CC(=O)c1cnc(S(=O)(=O)NC(=O)Nc2c(C(C)C)cccc2C(C)C)nc1.CC(=O)c1cnc(S(=O)(=O)NC(=O)Nc2c3c(cc4c2CCC4)CCC3)nc1. The lowest BCUT2D eigenvalue weighted by Gasteiger charge is -2.21. The Hall–Kier alpha value is -11.2. The summed E-state index contributed by atoms with van der Waals surface area (Å²) in [6, 6.07) is 12.3. The number of nitrogens with zero attached hydrogens (tertiary/aromatic N) is 8. The Balaban J connectivity index is 0.000000211. The monoisotopic (exact) mass is 1640 g/mol. The first-order chi connectivity index (χ1) is 53.2. The number of anilines is 4. The zero-order valence-electron chi connectivity index (χ0n) is 66.7. The number of hydrogen-bond donors (Lipinski definition) is 8. The molecule has 0 fully saturated rings. The number of ketones is 4. The maximum absolute atomic E-state index is 12.5. The number of rotatable bonds is 22. The number of sulfonamides is 4. The van der Waals surface area contributed by atoms with Crippen molar-refractivity contribution in [1.82, 2.24) is 58.8 Å². The van der Waals surface area contributed by atoms with Crippen LogP contribution < -0.4 is 40.2 Å². The Morgan fingerprint density at radius 2 is 0.518 bits per heavy atom. The van der Waals surface area contributed by atoms with Crippen molar-refractivity contribution in [3.8, 4) is 0 Å². The van der Waals surface area contributed by atoms with Gasteiger partial charge in [0.05, 0.1) is 22.3 Å². The highest BCUT2D eigenvalue weighted by atomic mass is 32.2. The van der Waals surface area contributed by atoms with E-state index in [9.17, 15) is 72.0 Å². The number of hydrogen-bond acceptors (Lipinski definition) is 24. The van der Waals surface area contributed by atoms with Gasteiger partial charge in [0.1, 0.15) is 0 Å². The number of urea groups is 4. The van der Waals surface area contributed by atoms with Gasteiger partial charge in [0.25, 0.3) is 20.6 Å². The maximum Gasteiger partial charge on any atom is 0.333 e. The third-order valence-electron chi connectivity index (χ3n) is 18.0. The van der Waals surface area contributed by atoms with Gasteiger partial charge in [-0.15, -0.1) is 0 Å². The Morgan fingerprint density at radius 3 is 0.728 bits per heavy atom. The Kier molecular flexibility index (Phi) is 30.0. The number of Topliss-reactive ketones (excluding diaryl/α,β-unsaturated/α-hetero) is 4. The highest BCUT2D eigenvalue weighted by molar-refractivity contribution is 7.90. The average Bonchev–Trinajstić information content (AvgIpc) is 1.61. The number of nitrogens with one attached hydrogen (secondary N) is 8. The number of benzene rings is 4. The molecule has 4 heterocycles. The van der Waals surface area contributed by atoms with Crippen molar-refractivity contribution in [2.45, 2.75) is 219 Å². The van der Waals surface area contributed by atoms with Crippen LogP contribution in [0.5, 0.6) is 0 Å². The molecule has 8 amide bonds. The minimum Gasteiger partial charge on any atom is -0.307 e. The van der Waals surface area contributed by atoms with Gasteiger partial charge in [-0.3, -0.25) is 19.2 Å². The van der Waals surface area contributed by atoms with Crippen LogP contribution in [0, 0.1) is 13.8 Å². The van der Waals surface area contributed by atoms with Gasteiger partial charge in [0.2, 0.25) is 0 Å². The molecule has 0 bridgehead atoms. The highest BCUT2D eigenvalue weighted by Gasteiger charge is 2.31. The van der Waals surface area contributed by atoms with E-state index < -0.39 is 84.8 Å².